The van der Waals surface area contributed by atoms with Gasteiger partial charge in [0, 0.05) is 18.2 Å². The zero-order valence-electron chi connectivity index (χ0n) is 11.0. The highest BCUT2D eigenvalue weighted by molar-refractivity contribution is 5.79. The van der Waals surface area contributed by atoms with Gasteiger partial charge in [-0.25, -0.2) is 24.2 Å². The Morgan fingerprint density at radius 3 is 1.10 bits per heavy atom. The van der Waals surface area contributed by atoms with E-state index in [4.69, 9.17) is 15.3 Å². The second-order valence-electron chi connectivity index (χ2n) is 2.82. The molecule has 0 aromatic carbocycles. The van der Waals surface area contributed by atoms with E-state index in [0.29, 0.717) is 6.10 Å². The second kappa shape index (κ2) is 16.6. The standard InChI is InChI=1S/C3H6O2.3C3H4O2/c1-3-2-4-5-3;3*1-2-3(4)5/h3H,2H2,1H3;3*2H,1H2,(H,4,5). The molecule has 8 nitrogen and oxygen atoms in total. The van der Waals surface area contributed by atoms with Gasteiger partial charge in [-0.1, -0.05) is 19.7 Å². The lowest BCUT2D eigenvalue weighted by atomic mass is 10.4. The van der Waals surface area contributed by atoms with Crippen LogP contribution < -0.4 is 0 Å². The molecule has 1 fully saturated rings. The maximum Gasteiger partial charge on any atom is 0.327 e. The van der Waals surface area contributed by atoms with Crippen molar-refractivity contribution >= 4 is 17.9 Å². The van der Waals surface area contributed by atoms with E-state index in [1.807, 2.05) is 6.92 Å². The van der Waals surface area contributed by atoms with Crippen LogP contribution in [0, 0.1) is 0 Å². The highest BCUT2D eigenvalue weighted by Crippen LogP contribution is 2.02. The lowest BCUT2D eigenvalue weighted by Crippen LogP contribution is -2.26. The first-order valence-electron chi connectivity index (χ1n) is 5.05. The zero-order valence-corrected chi connectivity index (χ0v) is 11.0. The number of aliphatic carboxylic acids is 3. The van der Waals surface area contributed by atoms with Crippen LogP contribution in [0.1, 0.15) is 6.92 Å². The van der Waals surface area contributed by atoms with Crippen molar-refractivity contribution in [1.29, 1.82) is 0 Å². The fraction of sp³-hybridized carbons (Fsp3) is 0.250. The predicted molar refractivity (Wildman–Crippen MR) is 70.0 cm³/mol. The molecular weight excluding hydrogens is 272 g/mol. The highest BCUT2D eigenvalue weighted by Gasteiger charge is 2.11. The van der Waals surface area contributed by atoms with E-state index in [1.54, 1.807) is 0 Å². The Morgan fingerprint density at radius 1 is 0.950 bits per heavy atom. The van der Waals surface area contributed by atoms with Gasteiger partial charge in [0.15, 0.2) is 0 Å². The van der Waals surface area contributed by atoms with Crippen LogP contribution in [-0.2, 0) is 24.2 Å². The molecule has 20 heavy (non-hydrogen) atoms. The molecule has 0 amide bonds. The summed E-state index contributed by atoms with van der Waals surface area (Å²) in [6, 6.07) is 0. The van der Waals surface area contributed by atoms with E-state index >= 15 is 0 Å². The molecule has 1 saturated heterocycles. The van der Waals surface area contributed by atoms with Crippen LogP contribution in [0.5, 0.6) is 0 Å². The molecule has 1 aliphatic heterocycles. The van der Waals surface area contributed by atoms with E-state index in [-0.39, 0.29) is 0 Å². The van der Waals surface area contributed by atoms with Crippen molar-refractivity contribution in [2.75, 3.05) is 6.61 Å². The zero-order chi connectivity index (χ0) is 16.6. The third-order valence-corrected chi connectivity index (χ3v) is 1.06. The summed E-state index contributed by atoms with van der Waals surface area (Å²) in [7, 11) is 0. The molecule has 8 heteroatoms. The molecule has 0 spiro atoms. The Labute approximate surface area is 116 Å². The normalized spacial score (nSPS) is 13.9. The van der Waals surface area contributed by atoms with Crippen LogP contribution in [0.4, 0.5) is 0 Å². The summed E-state index contributed by atoms with van der Waals surface area (Å²) in [5.74, 6) is -2.94. The smallest absolute Gasteiger partial charge is 0.327 e. The van der Waals surface area contributed by atoms with Crippen LogP contribution in [0.3, 0.4) is 0 Å². The summed E-state index contributed by atoms with van der Waals surface area (Å²) in [4.78, 5) is 36.5. The van der Waals surface area contributed by atoms with Gasteiger partial charge in [-0.3, -0.25) is 0 Å². The van der Waals surface area contributed by atoms with Gasteiger partial charge >= 0.3 is 17.9 Å². The van der Waals surface area contributed by atoms with Gasteiger partial charge in [0.25, 0.3) is 0 Å². The van der Waals surface area contributed by atoms with Crippen LogP contribution in [-0.4, -0.2) is 45.9 Å². The maximum absolute atomic E-state index is 9.25. The molecule has 0 aromatic heterocycles. The van der Waals surface area contributed by atoms with Crippen molar-refractivity contribution in [2.45, 2.75) is 13.0 Å². The molecule has 0 aromatic rings. The van der Waals surface area contributed by atoms with Gasteiger partial charge in [0.1, 0.15) is 12.7 Å². The average molecular weight is 290 g/mol. The number of rotatable bonds is 3. The minimum atomic E-state index is -0.981. The Balaban J connectivity index is -0.000000193. The largest absolute Gasteiger partial charge is 0.478 e. The Bertz CT molecular complexity index is 288. The quantitative estimate of drug-likeness (QED) is 0.520. The third-order valence-electron chi connectivity index (χ3n) is 1.06. The molecule has 1 atom stereocenters. The first-order chi connectivity index (χ1) is 9.20. The summed E-state index contributed by atoms with van der Waals surface area (Å²) >= 11 is 0. The van der Waals surface area contributed by atoms with Crippen LogP contribution in [0.25, 0.3) is 0 Å². The number of hydrogen-bond acceptors (Lipinski definition) is 5. The third kappa shape index (κ3) is 36.1. The van der Waals surface area contributed by atoms with Gasteiger partial charge < -0.3 is 15.3 Å². The highest BCUT2D eigenvalue weighted by atomic mass is 17.2. The molecule has 114 valence electrons. The van der Waals surface area contributed by atoms with Gasteiger partial charge in [0.2, 0.25) is 0 Å². The van der Waals surface area contributed by atoms with Crippen molar-refractivity contribution in [2.24, 2.45) is 0 Å². The van der Waals surface area contributed by atoms with Gasteiger partial charge in [-0.05, 0) is 6.92 Å². The molecule has 1 heterocycles. The Morgan fingerprint density at radius 2 is 1.10 bits per heavy atom. The molecule has 1 aliphatic rings. The summed E-state index contributed by atoms with van der Waals surface area (Å²) in [5, 5.41) is 22.8. The van der Waals surface area contributed by atoms with Crippen LogP contribution in [0.2, 0.25) is 0 Å². The first kappa shape index (κ1) is 22.7. The Kier molecular flexibility index (Phi) is 18.8. The average Bonchev–Trinajstić information content (AvgIpc) is 2.38. The van der Waals surface area contributed by atoms with Gasteiger partial charge in [-0.2, -0.15) is 0 Å². The lowest BCUT2D eigenvalue weighted by molar-refractivity contribution is -0.419. The number of hydrogen-bond donors (Lipinski definition) is 3. The molecule has 0 bridgehead atoms. The fourth-order valence-corrected chi connectivity index (χ4v) is 0.204. The predicted octanol–water partition coefficient (Wildman–Crippen LogP) is 1.11. The van der Waals surface area contributed by atoms with Gasteiger partial charge in [0.05, 0.1) is 0 Å². The van der Waals surface area contributed by atoms with Gasteiger partial charge in [-0.15, -0.1) is 0 Å². The molecule has 0 radical (unpaired) electrons. The van der Waals surface area contributed by atoms with E-state index in [1.165, 1.54) is 0 Å². The Hall–Kier alpha value is -2.45. The topological polar surface area (TPSA) is 130 Å². The monoisotopic (exact) mass is 290 g/mol. The van der Waals surface area contributed by atoms with Crippen molar-refractivity contribution in [1.82, 2.24) is 0 Å². The number of carbonyl (C=O) groups is 3. The number of carboxylic acids is 3. The molecule has 3 N–H and O–H groups in total. The minimum Gasteiger partial charge on any atom is -0.478 e. The van der Waals surface area contributed by atoms with Crippen molar-refractivity contribution in [3.05, 3.63) is 38.0 Å². The van der Waals surface area contributed by atoms with Crippen molar-refractivity contribution < 1.29 is 39.5 Å². The fourth-order valence-electron chi connectivity index (χ4n) is 0.204. The van der Waals surface area contributed by atoms with Crippen LogP contribution in [0.15, 0.2) is 38.0 Å². The second-order valence-corrected chi connectivity index (χ2v) is 2.82. The van der Waals surface area contributed by atoms with E-state index < -0.39 is 17.9 Å². The summed E-state index contributed by atoms with van der Waals surface area (Å²) in [6.07, 6.45) is 2.84. The molecule has 0 saturated carbocycles. The van der Waals surface area contributed by atoms with Crippen molar-refractivity contribution in [3.63, 3.8) is 0 Å². The molecule has 1 rings (SSSR count). The van der Waals surface area contributed by atoms with E-state index in [9.17, 15) is 14.4 Å². The SMILES string of the molecule is C=CC(=O)O.C=CC(=O)O.C=CC(=O)O.CC1COO1. The summed E-state index contributed by atoms with van der Waals surface area (Å²) < 4.78 is 0. The summed E-state index contributed by atoms with van der Waals surface area (Å²) in [5.41, 5.74) is 0. The maximum atomic E-state index is 9.25. The molecule has 0 aliphatic carbocycles. The molecular formula is C12H18O8. The lowest BCUT2D eigenvalue weighted by Gasteiger charge is -2.18. The van der Waals surface area contributed by atoms with Crippen molar-refractivity contribution in [3.8, 4) is 0 Å². The van der Waals surface area contributed by atoms with E-state index in [0.717, 1.165) is 24.8 Å². The summed E-state index contributed by atoms with van der Waals surface area (Å²) in [6.45, 7) is 11.6. The van der Waals surface area contributed by atoms with Crippen LogP contribution >= 0.6 is 0 Å². The minimum absolute atomic E-state index is 0.343. The van der Waals surface area contributed by atoms with E-state index in [2.05, 4.69) is 29.5 Å². The molecule has 1 unspecified atom stereocenters. The number of carboxylic acid groups (broad SMARTS) is 3. The first-order valence-corrected chi connectivity index (χ1v) is 5.05.